The van der Waals surface area contributed by atoms with E-state index >= 15 is 0 Å². The molecule has 2 N–H and O–H groups in total. The Labute approximate surface area is 139 Å². The Balaban J connectivity index is 2.06. The van der Waals surface area contributed by atoms with Gasteiger partial charge in [0.2, 0.25) is 0 Å². The number of benzene rings is 2. The number of nitrogens with one attached hydrogen (secondary N) is 2. The van der Waals surface area contributed by atoms with Crippen molar-refractivity contribution in [1.29, 1.82) is 0 Å². The molecule has 0 saturated heterocycles. The van der Waals surface area contributed by atoms with Crippen molar-refractivity contribution in [2.45, 2.75) is 6.92 Å². The van der Waals surface area contributed by atoms with Crippen LogP contribution in [0.1, 0.15) is 26.3 Å². The molecule has 1 unspecified atom stereocenters. The zero-order chi connectivity index (χ0) is 16.6. The number of para-hydroxylation sites is 1. The van der Waals surface area contributed by atoms with Gasteiger partial charge in [0.1, 0.15) is 5.56 Å². The van der Waals surface area contributed by atoms with Gasteiger partial charge in [-0.3, -0.25) is 5.32 Å². The van der Waals surface area contributed by atoms with E-state index in [4.69, 9.17) is 12.2 Å². The van der Waals surface area contributed by atoms with Gasteiger partial charge in [-0.05, 0) is 30.7 Å². The summed E-state index contributed by atoms with van der Waals surface area (Å²) in [7, 11) is 1.55. The van der Waals surface area contributed by atoms with E-state index in [0.717, 1.165) is 11.3 Å². The monoisotopic (exact) mass is 326 g/mol. The minimum atomic E-state index is -0.732. The standard InChI is InChI=1S/C17H15N3O2S/c1-11-7-6-10-13-14(11)16(22)20(18-2,15(13)21)17(23)19-12-8-4-3-5-9-12/h3-10,18H,1-2H3/p+1. The highest BCUT2D eigenvalue weighted by molar-refractivity contribution is 7.80. The highest BCUT2D eigenvalue weighted by Gasteiger charge is 2.58. The molecule has 0 bridgehead atoms. The first-order valence-corrected chi connectivity index (χ1v) is 7.57. The zero-order valence-electron chi connectivity index (χ0n) is 12.8. The Morgan fingerprint density at radius 1 is 1.00 bits per heavy atom. The van der Waals surface area contributed by atoms with Crippen molar-refractivity contribution in [1.82, 2.24) is 5.43 Å². The van der Waals surface area contributed by atoms with Crippen LogP contribution >= 0.6 is 12.2 Å². The van der Waals surface area contributed by atoms with Crippen molar-refractivity contribution < 1.29 is 14.2 Å². The molecule has 0 fully saturated rings. The van der Waals surface area contributed by atoms with Crippen LogP contribution in [0.2, 0.25) is 0 Å². The molecule has 2 aromatic carbocycles. The first-order chi connectivity index (χ1) is 11.0. The van der Waals surface area contributed by atoms with Crippen molar-refractivity contribution in [2.24, 2.45) is 0 Å². The molecule has 2 aromatic rings. The summed E-state index contributed by atoms with van der Waals surface area (Å²) in [6, 6.07) is 14.5. The van der Waals surface area contributed by atoms with E-state index < -0.39 is 4.59 Å². The molecular weight excluding hydrogens is 310 g/mol. The quantitative estimate of drug-likeness (QED) is 0.505. The summed E-state index contributed by atoms with van der Waals surface area (Å²) in [6.45, 7) is 1.81. The molecule has 1 atom stereocenters. The molecule has 2 amide bonds. The second-order valence-corrected chi connectivity index (χ2v) is 5.69. The Morgan fingerprint density at radius 2 is 1.70 bits per heavy atom. The molecule has 116 valence electrons. The average Bonchev–Trinajstić information content (AvgIpc) is 2.78. The number of nitrogens with zero attached hydrogens (tertiary/aromatic N) is 1. The van der Waals surface area contributed by atoms with E-state index in [1.165, 1.54) is 0 Å². The summed E-state index contributed by atoms with van der Waals surface area (Å²) in [4.78, 5) is 25.9. The minimum absolute atomic E-state index is 0.101. The van der Waals surface area contributed by atoms with E-state index in [1.807, 2.05) is 43.3 Å². The van der Waals surface area contributed by atoms with Crippen LogP contribution in [0.3, 0.4) is 0 Å². The second-order valence-electron chi connectivity index (χ2n) is 5.30. The number of imide groups is 1. The number of carbonyl (C=O) groups excluding carboxylic acids is 2. The van der Waals surface area contributed by atoms with E-state index in [1.54, 1.807) is 19.2 Å². The number of thiocarbonyl (C=S) groups is 1. The number of carbonyl (C=O) groups is 2. The van der Waals surface area contributed by atoms with E-state index in [-0.39, 0.29) is 16.9 Å². The molecule has 0 aliphatic carbocycles. The summed E-state index contributed by atoms with van der Waals surface area (Å²) in [6.07, 6.45) is 0. The third-order valence-corrected chi connectivity index (χ3v) is 4.37. The summed E-state index contributed by atoms with van der Waals surface area (Å²) < 4.78 is -0.732. The highest BCUT2D eigenvalue weighted by Crippen LogP contribution is 2.31. The molecule has 3 rings (SSSR count). The Morgan fingerprint density at radius 3 is 2.30 bits per heavy atom. The van der Waals surface area contributed by atoms with Gasteiger partial charge in [0.25, 0.3) is 0 Å². The summed E-state index contributed by atoms with van der Waals surface area (Å²) in [5.41, 5.74) is 5.10. The first-order valence-electron chi connectivity index (χ1n) is 7.16. The lowest BCUT2D eigenvalue weighted by molar-refractivity contribution is -0.712. The van der Waals surface area contributed by atoms with E-state index in [9.17, 15) is 9.59 Å². The molecular formula is C17H16N3O2S+. The average molecular weight is 326 g/mol. The number of anilines is 1. The van der Waals surface area contributed by atoms with Gasteiger partial charge < -0.3 is 0 Å². The van der Waals surface area contributed by atoms with Crippen molar-refractivity contribution in [3.63, 3.8) is 0 Å². The number of aryl methyl sites for hydroxylation is 1. The topological polar surface area (TPSA) is 58.2 Å². The fourth-order valence-corrected chi connectivity index (χ4v) is 3.16. The van der Waals surface area contributed by atoms with Crippen molar-refractivity contribution in [3.05, 3.63) is 65.2 Å². The van der Waals surface area contributed by atoms with Gasteiger partial charge in [-0.2, -0.15) is 0 Å². The number of rotatable bonds is 2. The number of amides is 2. The predicted octanol–water partition coefficient (Wildman–Crippen LogP) is 2.64. The van der Waals surface area contributed by atoms with Crippen LogP contribution in [0.25, 0.3) is 0 Å². The van der Waals surface area contributed by atoms with Gasteiger partial charge in [-0.15, -0.1) is 5.43 Å². The third kappa shape index (κ3) is 2.19. The van der Waals surface area contributed by atoms with E-state index in [2.05, 4.69) is 10.7 Å². The molecule has 1 aliphatic heterocycles. The Bertz CT molecular complexity index is 820. The lowest BCUT2D eigenvalue weighted by Crippen LogP contribution is -2.65. The number of hydrogen-bond donors (Lipinski definition) is 2. The van der Waals surface area contributed by atoms with Crippen molar-refractivity contribution in [2.75, 3.05) is 12.4 Å². The van der Waals surface area contributed by atoms with Crippen LogP contribution in [0.15, 0.2) is 48.5 Å². The van der Waals surface area contributed by atoms with Gasteiger partial charge in [0.15, 0.2) is 0 Å². The van der Waals surface area contributed by atoms with Crippen LogP contribution in [0.4, 0.5) is 5.69 Å². The molecule has 23 heavy (non-hydrogen) atoms. The van der Waals surface area contributed by atoms with Crippen LogP contribution < -0.4 is 10.7 Å². The molecule has 0 spiro atoms. The summed E-state index contributed by atoms with van der Waals surface area (Å²) in [5.74, 6) is -0.733. The van der Waals surface area contributed by atoms with Crippen LogP contribution in [-0.2, 0) is 0 Å². The smallest absolute Gasteiger partial charge is 0.299 e. The Hall–Kier alpha value is -2.41. The maximum absolute atomic E-state index is 13.0. The molecule has 1 heterocycles. The summed E-state index contributed by atoms with van der Waals surface area (Å²) in [5, 5.41) is 3.09. The molecule has 0 radical (unpaired) electrons. The molecule has 1 aliphatic rings. The van der Waals surface area contributed by atoms with Gasteiger partial charge >= 0.3 is 16.9 Å². The van der Waals surface area contributed by atoms with Gasteiger partial charge in [0.05, 0.1) is 5.56 Å². The normalized spacial score (nSPS) is 19.6. The van der Waals surface area contributed by atoms with Gasteiger partial charge in [-0.1, -0.05) is 34.9 Å². The van der Waals surface area contributed by atoms with E-state index in [0.29, 0.717) is 11.1 Å². The van der Waals surface area contributed by atoms with Gasteiger partial charge in [0, 0.05) is 25.0 Å². The minimum Gasteiger partial charge on any atom is -0.299 e. The lowest BCUT2D eigenvalue weighted by Gasteiger charge is -2.26. The van der Waals surface area contributed by atoms with Crippen LogP contribution in [0, 0.1) is 6.92 Å². The fourth-order valence-electron chi connectivity index (χ4n) is 2.79. The molecule has 6 heteroatoms. The second kappa shape index (κ2) is 5.66. The third-order valence-electron chi connectivity index (χ3n) is 3.99. The zero-order valence-corrected chi connectivity index (χ0v) is 13.6. The maximum atomic E-state index is 13.0. The lowest BCUT2D eigenvalue weighted by atomic mass is 10.0. The van der Waals surface area contributed by atoms with Crippen LogP contribution in [0.5, 0.6) is 0 Å². The molecule has 0 saturated carbocycles. The number of fused-ring (bicyclic) bond motifs is 1. The predicted molar refractivity (Wildman–Crippen MR) is 91.8 cm³/mol. The number of quaternary nitrogens is 1. The number of hydrogen-bond acceptors (Lipinski definition) is 4. The molecule has 5 nitrogen and oxygen atoms in total. The highest BCUT2D eigenvalue weighted by atomic mass is 32.1. The van der Waals surface area contributed by atoms with Gasteiger partial charge in [-0.25, -0.2) is 9.59 Å². The van der Waals surface area contributed by atoms with Crippen LogP contribution in [-0.4, -0.2) is 28.6 Å². The fraction of sp³-hybridized carbons (Fsp3) is 0.118. The summed E-state index contributed by atoms with van der Waals surface area (Å²) >= 11 is 5.41. The SMILES string of the molecule is CN[N+]1(C(=S)Nc2ccccc2)C(=O)c2cccc(C)c2C1=O. The maximum Gasteiger partial charge on any atom is 0.381 e. The van der Waals surface area contributed by atoms with Crippen molar-refractivity contribution >= 4 is 34.8 Å². The Kier molecular flexibility index (Phi) is 3.81. The first kappa shape index (κ1) is 15.5. The van der Waals surface area contributed by atoms with Crippen molar-refractivity contribution in [3.8, 4) is 0 Å². The largest absolute Gasteiger partial charge is 0.381 e. The molecule has 0 aromatic heterocycles.